The predicted molar refractivity (Wildman–Crippen MR) is 104 cm³/mol. The van der Waals surface area contributed by atoms with Gasteiger partial charge < -0.3 is 15.0 Å². The molecule has 2 saturated heterocycles. The first kappa shape index (κ1) is 18.7. The van der Waals surface area contributed by atoms with Gasteiger partial charge in [0.2, 0.25) is 11.9 Å². The summed E-state index contributed by atoms with van der Waals surface area (Å²) in [4.78, 5) is 31.9. The summed E-state index contributed by atoms with van der Waals surface area (Å²) in [5, 5.41) is 3.13. The van der Waals surface area contributed by atoms with Gasteiger partial charge >= 0.3 is 0 Å². The van der Waals surface area contributed by atoms with E-state index in [0.29, 0.717) is 18.8 Å². The molecule has 4 heterocycles. The first-order valence-electron chi connectivity index (χ1n) is 9.98. The number of nitrogens with zero attached hydrogens (tertiary/aromatic N) is 5. The van der Waals surface area contributed by atoms with Gasteiger partial charge in [0.1, 0.15) is 0 Å². The number of amides is 1. The highest BCUT2D eigenvalue weighted by atomic mass is 16.5. The number of aromatic nitrogens is 4. The van der Waals surface area contributed by atoms with E-state index < -0.39 is 0 Å². The minimum Gasteiger partial charge on any atom is -0.381 e. The second-order valence-electron chi connectivity index (χ2n) is 7.36. The van der Waals surface area contributed by atoms with E-state index in [4.69, 9.17) is 9.72 Å². The van der Waals surface area contributed by atoms with Crippen LogP contribution in [0.3, 0.4) is 0 Å². The first-order valence-corrected chi connectivity index (χ1v) is 9.98. The van der Waals surface area contributed by atoms with Crippen LogP contribution in [0, 0.1) is 0 Å². The number of rotatable bonds is 6. The summed E-state index contributed by atoms with van der Waals surface area (Å²) < 4.78 is 5.45. The molecule has 2 fully saturated rings. The fraction of sp³-hybridized carbons (Fsp3) is 0.550. The molecule has 2 aliphatic heterocycles. The van der Waals surface area contributed by atoms with Crippen molar-refractivity contribution in [3.05, 3.63) is 42.2 Å². The molecule has 1 N–H and O–H groups in total. The van der Waals surface area contributed by atoms with Crippen LogP contribution in [0.25, 0.3) is 0 Å². The van der Waals surface area contributed by atoms with Crippen molar-refractivity contribution in [1.82, 2.24) is 25.3 Å². The minimum absolute atomic E-state index is 0.0503. The molecule has 1 amide bonds. The molecule has 8 heteroatoms. The predicted octanol–water partition coefficient (Wildman–Crippen LogP) is 1.49. The van der Waals surface area contributed by atoms with Crippen LogP contribution in [-0.2, 0) is 16.0 Å². The number of aryl methyl sites for hydroxylation is 1. The fourth-order valence-electron chi connectivity index (χ4n) is 3.80. The highest BCUT2D eigenvalue weighted by Gasteiger charge is 2.26. The molecule has 0 aliphatic carbocycles. The largest absolute Gasteiger partial charge is 0.381 e. The Labute approximate surface area is 164 Å². The number of carbonyl (C=O) groups is 1. The zero-order valence-corrected chi connectivity index (χ0v) is 16.0. The van der Waals surface area contributed by atoms with E-state index in [2.05, 4.69) is 25.2 Å². The molecule has 2 aromatic rings. The molecule has 0 aromatic carbocycles. The molecule has 0 saturated carbocycles. The van der Waals surface area contributed by atoms with E-state index in [1.54, 1.807) is 18.6 Å². The van der Waals surface area contributed by atoms with Crippen molar-refractivity contribution in [1.29, 1.82) is 0 Å². The van der Waals surface area contributed by atoms with Gasteiger partial charge in [0.05, 0.1) is 5.69 Å². The molecule has 1 atom stereocenters. The van der Waals surface area contributed by atoms with Crippen LogP contribution in [0.15, 0.2) is 30.9 Å². The highest BCUT2D eigenvalue weighted by molar-refractivity contribution is 5.76. The number of anilines is 1. The number of nitrogens with one attached hydrogen (secondary N) is 1. The van der Waals surface area contributed by atoms with Gasteiger partial charge in [-0.15, -0.1) is 0 Å². The SMILES string of the molecule is O=C(CCc1cnccn1)NC1CCN(c2nccc(C3CCOCC3)n2)C1. The van der Waals surface area contributed by atoms with E-state index in [0.717, 1.165) is 62.9 Å². The Bertz CT molecular complexity index is 781. The van der Waals surface area contributed by atoms with Gasteiger partial charge in [-0.05, 0) is 31.7 Å². The maximum atomic E-state index is 12.3. The molecule has 28 heavy (non-hydrogen) atoms. The van der Waals surface area contributed by atoms with Gasteiger partial charge in [-0.3, -0.25) is 14.8 Å². The van der Waals surface area contributed by atoms with E-state index in [1.807, 2.05) is 12.3 Å². The number of carbonyl (C=O) groups excluding carboxylic acids is 1. The number of hydrogen-bond acceptors (Lipinski definition) is 7. The summed E-state index contributed by atoms with van der Waals surface area (Å²) in [5.74, 6) is 1.27. The van der Waals surface area contributed by atoms with E-state index in [9.17, 15) is 4.79 Å². The molecule has 2 aromatic heterocycles. The summed E-state index contributed by atoms with van der Waals surface area (Å²) >= 11 is 0. The topological polar surface area (TPSA) is 93.1 Å². The summed E-state index contributed by atoms with van der Waals surface area (Å²) in [6.45, 7) is 3.20. The quantitative estimate of drug-likeness (QED) is 0.809. The molecular formula is C20H26N6O2. The lowest BCUT2D eigenvalue weighted by atomic mass is 9.96. The number of hydrogen-bond donors (Lipinski definition) is 1. The average molecular weight is 382 g/mol. The van der Waals surface area contributed by atoms with Crippen molar-refractivity contribution >= 4 is 11.9 Å². The van der Waals surface area contributed by atoms with Crippen LogP contribution in [0.4, 0.5) is 5.95 Å². The lowest BCUT2D eigenvalue weighted by Gasteiger charge is -2.23. The standard InChI is InChI=1S/C20H26N6O2/c27-19(2-1-16-13-21-8-9-22-16)24-17-4-10-26(14-17)20-23-7-3-18(25-20)15-5-11-28-12-6-15/h3,7-9,13,15,17H,1-2,4-6,10-12,14H2,(H,24,27). The summed E-state index contributed by atoms with van der Waals surface area (Å²) in [5.41, 5.74) is 1.94. The molecule has 4 rings (SSSR count). The molecule has 0 bridgehead atoms. The smallest absolute Gasteiger partial charge is 0.225 e. The second kappa shape index (κ2) is 9.05. The van der Waals surface area contributed by atoms with Gasteiger partial charge in [-0.1, -0.05) is 0 Å². The molecule has 0 radical (unpaired) electrons. The van der Waals surface area contributed by atoms with E-state index in [-0.39, 0.29) is 11.9 Å². The third kappa shape index (κ3) is 4.81. The van der Waals surface area contributed by atoms with Crippen molar-refractivity contribution in [2.75, 3.05) is 31.2 Å². The summed E-state index contributed by atoms with van der Waals surface area (Å²) in [6.07, 6.45) is 10.8. The zero-order chi connectivity index (χ0) is 19.2. The normalized spacial score (nSPS) is 20.3. The Morgan fingerprint density at radius 1 is 1.18 bits per heavy atom. The number of ether oxygens (including phenoxy) is 1. The van der Waals surface area contributed by atoms with Crippen LogP contribution >= 0.6 is 0 Å². The molecule has 148 valence electrons. The van der Waals surface area contributed by atoms with Gasteiger partial charge in [0.25, 0.3) is 0 Å². The van der Waals surface area contributed by atoms with E-state index in [1.165, 1.54) is 0 Å². The molecular weight excluding hydrogens is 356 g/mol. The molecule has 0 spiro atoms. The van der Waals surface area contributed by atoms with Gasteiger partial charge in [0.15, 0.2) is 0 Å². The van der Waals surface area contributed by atoms with Crippen LogP contribution in [0.5, 0.6) is 0 Å². The fourth-order valence-corrected chi connectivity index (χ4v) is 3.80. The molecule has 1 unspecified atom stereocenters. The van der Waals surface area contributed by atoms with Crippen LogP contribution in [0.1, 0.15) is 43.0 Å². The maximum absolute atomic E-state index is 12.3. The van der Waals surface area contributed by atoms with Gasteiger partial charge in [-0.2, -0.15) is 0 Å². The van der Waals surface area contributed by atoms with Crippen LogP contribution in [0.2, 0.25) is 0 Å². The third-order valence-electron chi connectivity index (χ3n) is 5.37. The Balaban J connectivity index is 1.28. The van der Waals surface area contributed by atoms with Crippen LogP contribution < -0.4 is 10.2 Å². The minimum atomic E-state index is 0.0503. The molecule has 2 aliphatic rings. The second-order valence-corrected chi connectivity index (χ2v) is 7.36. The summed E-state index contributed by atoms with van der Waals surface area (Å²) in [6, 6.07) is 2.14. The van der Waals surface area contributed by atoms with Gasteiger partial charge in [-0.25, -0.2) is 9.97 Å². The van der Waals surface area contributed by atoms with Crippen molar-refractivity contribution in [3.8, 4) is 0 Å². The van der Waals surface area contributed by atoms with Crippen molar-refractivity contribution in [2.45, 2.75) is 44.1 Å². The van der Waals surface area contributed by atoms with Crippen molar-refractivity contribution < 1.29 is 9.53 Å². The Morgan fingerprint density at radius 2 is 2.07 bits per heavy atom. The lowest BCUT2D eigenvalue weighted by molar-refractivity contribution is -0.121. The van der Waals surface area contributed by atoms with E-state index >= 15 is 0 Å². The lowest BCUT2D eigenvalue weighted by Crippen LogP contribution is -2.37. The van der Waals surface area contributed by atoms with Gasteiger partial charge in [0, 0.05) is 75.2 Å². The monoisotopic (exact) mass is 382 g/mol. The molecule has 8 nitrogen and oxygen atoms in total. The third-order valence-corrected chi connectivity index (χ3v) is 5.37. The average Bonchev–Trinajstić information content (AvgIpc) is 3.22. The van der Waals surface area contributed by atoms with Crippen molar-refractivity contribution in [2.24, 2.45) is 0 Å². The van der Waals surface area contributed by atoms with Crippen LogP contribution in [-0.4, -0.2) is 58.2 Å². The highest BCUT2D eigenvalue weighted by Crippen LogP contribution is 2.26. The Hall–Kier alpha value is -2.61. The zero-order valence-electron chi connectivity index (χ0n) is 16.0. The first-order chi connectivity index (χ1) is 13.8. The Morgan fingerprint density at radius 3 is 2.89 bits per heavy atom. The Kier molecular flexibility index (Phi) is 6.06. The summed E-state index contributed by atoms with van der Waals surface area (Å²) in [7, 11) is 0. The van der Waals surface area contributed by atoms with Crippen molar-refractivity contribution in [3.63, 3.8) is 0 Å². The maximum Gasteiger partial charge on any atom is 0.225 e.